The van der Waals surface area contributed by atoms with E-state index in [0.29, 0.717) is 6.42 Å². The smallest absolute Gasteiger partial charge is 0.220 e. The van der Waals surface area contributed by atoms with E-state index in [4.69, 9.17) is 0 Å². The van der Waals surface area contributed by atoms with Crippen molar-refractivity contribution in [3.05, 3.63) is 36.5 Å². The molecule has 0 aliphatic rings. The number of hydrogen-bond donors (Lipinski definition) is 3. The van der Waals surface area contributed by atoms with Crippen molar-refractivity contribution in [1.29, 1.82) is 0 Å². The first-order valence-electron chi connectivity index (χ1n) is 29.2. The van der Waals surface area contributed by atoms with Crippen molar-refractivity contribution < 1.29 is 15.0 Å². The number of nitrogens with one attached hydrogen (secondary N) is 1. The lowest BCUT2D eigenvalue weighted by molar-refractivity contribution is -0.123. The van der Waals surface area contributed by atoms with Gasteiger partial charge in [0.1, 0.15) is 0 Å². The van der Waals surface area contributed by atoms with Crippen LogP contribution in [0.15, 0.2) is 36.5 Å². The van der Waals surface area contributed by atoms with Crippen molar-refractivity contribution in [3.63, 3.8) is 0 Å². The zero-order valence-electron chi connectivity index (χ0n) is 43.6. The Balaban J connectivity index is 3.42. The number of hydrogen-bond acceptors (Lipinski definition) is 3. The minimum atomic E-state index is -0.838. The van der Waals surface area contributed by atoms with E-state index in [9.17, 15) is 15.0 Å². The van der Waals surface area contributed by atoms with Crippen molar-refractivity contribution in [2.24, 2.45) is 0 Å². The highest BCUT2D eigenvalue weighted by Gasteiger charge is 2.18. The lowest BCUT2D eigenvalue weighted by Crippen LogP contribution is -2.45. The summed E-state index contributed by atoms with van der Waals surface area (Å²) in [5, 5.41) is 23.1. The van der Waals surface area contributed by atoms with Gasteiger partial charge in [0.25, 0.3) is 0 Å². The summed E-state index contributed by atoms with van der Waals surface area (Å²) in [6.45, 7) is 4.33. The number of aliphatic hydroxyl groups excluding tert-OH is 2. The van der Waals surface area contributed by atoms with Gasteiger partial charge in [0, 0.05) is 6.42 Å². The fourth-order valence-electron chi connectivity index (χ4n) is 9.15. The van der Waals surface area contributed by atoms with Gasteiger partial charge in [-0.3, -0.25) is 4.79 Å². The first-order valence-corrected chi connectivity index (χ1v) is 29.2. The summed E-state index contributed by atoms with van der Waals surface area (Å²) in [7, 11) is 0. The summed E-state index contributed by atoms with van der Waals surface area (Å²) in [5.41, 5.74) is 0. The maximum atomic E-state index is 12.5. The maximum absolute atomic E-state index is 12.5. The summed E-state index contributed by atoms with van der Waals surface area (Å²) in [6.07, 6.45) is 76.1. The normalized spacial score (nSPS) is 13.0. The number of amides is 1. The highest BCUT2D eigenvalue weighted by atomic mass is 16.3. The largest absolute Gasteiger partial charge is 0.394 e. The third kappa shape index (κ3) is 51.6. The summed E-state index contributed by atoms with van der Waals surface area (Å²) in [6, 6.07) is -0.621. The summed E-state index contributed by atoms with van der Waals surface area (Å²) in [4.78, 5) is 12.5. The molecule has 4 heteroatoms. The van der Waals surface area contributed by atoms with Crippen LogP contribution in [0.2, 0.25) is 0 Å². The Morgan fingerprint density at radius 1 is 0.375 bits per heavy atom. The molecule has 0 heterocycles. The van der Waals surface area contributed by atoms with E-state index in [-0.39, 0.29) is 12.5 Å². The van der Waals surface area contributed by atoms with Crippen LogP contribution in [0, 0.1) is 0 Å². The zero-order valence-corrected chi connectivity index (χ0v) is 43.6. The van der Waals surface area contributed by atoms with Gasteiger partial charge in [0.2, 0.25) is 5.91 Å². The third-order valence-corrected chi connectivity index (χ3v) is 13.6. The standard InChI is InChI=1S/C60H115NO3/c1-3-5-7-9-11-13-15-17-19-20-21-22-23-24-25-26-27-28-29-30-31-32-33-34-35-36-37-38-39-40-42-44-46-48-50-52-54-56-60(64)61-58(57-62)59(63)55-53-51-49-47-45-43-41-18-16-14-12-10-8-6-4-2/h25-26,28-29,53,55,58-59,62-63H,3-24,27,30-52,54,56-57H2,1-2H3,(H,61,64)/b26-25-,29-28-,55-53+. The average molecular weight is 899 g/mol. The lowest BCUT2D eigenvalue weighted by Gasteiger charge is -2.20. The minimum absolute atomic E-state index is 0.0600. The molecule has 0 radical (unpaired) electrons. The van der Waals surface area contributed by atoms with Crippen LogP contribution >= 0.6 is 0 Å². The second kappa shape index (κ2) is 55.9. The molecule has 0 spiro atoms. The molecule has 0 saturated heterocycles. The van der Waals surface area contributed by atoms with Crippen LogP contribution in [0.5, 0.6) is 0 Å². The van der Waals surface area contributed by atoms with Crippen molar-refractivity contribution in [2.45, 2.75) is 334 Å². The van der Waals surface area contributed by atoms with Gasteiger partial charge < -0.3 is 15.5 Å². The molecule has 0 aliphatic carbocycles. The van der Waals surface area contributed by atoms with Gasteiger partial charge >= 0.3 is 0 Å². The van der Waals surface area contributed by atoms with E-state index >= 15 is 0 Å². The molecule has 2 unspecified atom stereocenters. The van der Waals surface area contributed by atoms with Crippen molar-refractivity contribution in [1.82, 2.24) is 5.32 Å². The van der Waals surface area contributed by atoms with Gasteiger partial charge in [-0.2, -0.15) is 0 Å². The molecule has 3 N–H and O–H groups in total. The van der Waals surface area contributed by atoms with Gasteiger partial charge in [-0.1, -0.05) is 301 Å². The molecule has 0 fully saturated rings. The quantitative estimate of drug-likeness (QED) is 0.0421. The van der Waals surface area contributed by atoms with Crippen molar-refractivity contribution in [3.8, 4) is 0 Å². The van der Waals surface area contributed by atoms with Crippen molar-refractivity contribution >= 4 is 5.91 Å². The topological polar surface area (TPSA) is 69.6 Å². The highest BCUT2D eigenvalue weighted by molar-refractivity contribution is 5.76. The highest BCUT2D eigenvalue weighted by Crippen LogP contribution is 2.17. The molecule has 2 atom stereocenters. The number of unbranched alkanes of at least 4 members (excludes halogenated alkanes) is 43. The Kier molecular flexibility index (Phi) is 54.7. The first-order chi connectivity index (χ1) is 31.7. The Hall–Kier alpha value is -1.39. The zero-order chi connectivity index (χ0) is 46.3. The Labute approximate surface area is 402 Å². The van der Waals surface area contributed by atoms with E-state index in [0.717, 1.165) is 32.1 Å². The number of allylic oxidation sites excluding steroid dienone is 5. The molecule has 378 valence electrons. The average Bonchev–Trinajstić information content (AvgIpc) is 3.30. The first kappa shape index (κ1) is 62.6. The third-order valence-electron chi connectivity index (χ3n) is 13.6. The minimum Gasteiger partial charge on any atom is -0.394 e. The molecule has 0 aromatic rings. The van der Waals surface area contributed by atoms with Gasteiger partial charge in [-0.05, 0) is 51.4 Å². The number of aliphatic hydroxyl groups is 2. The molecule has 0 aliphatic heterocycles. The summed E-state index contributed by atoms with van der Waals surface area (Å²) in [5.74, 6) is -0.0600. The monoisotopic (exact) mass is 898 g/mol. The second-order valence-electron chi connectivity index (χ2n) is 20.1. The molecule has 0 saturated carbocycles. The van der Waals surface area contributed by atoms with E-state index in [1.807, 2.05) is 6.08 Å². The summed E-state index contributed by atoms with van der Waals surface area (Å²) < 4.78 is 0. The molecule has 1 amide bonds. The number of rotatable bonds is 54. The van der Waals surface area contributed by atoms with Crippen LogP contribution < -0.4 is 5.32 Å². The number of carbonyl (C=O) groups excluding carboxylic acids is 1. The molecular formula is C60H115NO3. The van der Waals surface area contributed by atoms with Gasteiger partial charge in [0.05, 0.1) is 18.8 Å². The van der Waals surface area contributed by atoms with Crippen LogP contribution in [0.3, 0.4) is 0 Å². The second-order valence-corrected chi connectivity index (χ2v) is 20.1. The molecule has 4 nitrogen and oxygen atoms in total. The van der Waals surface area contributed by atoms with Crippen LogP contribution in [-0.2, 0) is 4.79 Å². The van der Waals surface area contributed by atoms with E-state index < -0.39 is 12.1 Å². The molecule has 0 rings (SSSR count). The lowest BCUT2D eigenvalue weighted by atomic mass is 10.0. The fourth-order valence-corrected chi connectivity index (χ4v) is 9.15. The molecule has 0 bridgehead atoms. The van der Waals surface area contributed by atoms with Crippen LogP contribution in [0.4, 0.5) is 0 Å². The molecule has 0 aromatic heterocycles. The Bertz CT molecular complexity index is 974. The van der Waals surface area contributed by atoms with Gasteiger partial charge in [0.15, 0.2) is 0 Å². The van der Waals surface area contributed by atoms with Gasteiger partial charge in [-0.15, -0.1) is 0 Å². The predicted molar refractivity (Wildman–Crippen MR) is 285 cm³/mol. The molecule has 0 aromatic carbocycles. The van der Waals surface area contributed by atoms with Crippen LogP contribution in [-0.4, -0.2) is 34.9 Å². The summed E-state index contributed by atoms with van der Waals surface area (Å²) >= 11 is 0. The van der Waals surface area contributed by atoms with Crippen LogP contribution in [0.1, 0.15) is 322 Å². The molecular weight excluding hydrogens is 783 g/mol. The Morgan fingerprint density at radius 3 is 0.938 bits per heavy atom. The van der Waals surface area contributed by atoms with Crippen molar-refractivity contribution in [2.75, 3.05) is 6.61 Å². The predicted octanol–water partition coefficient (Wildman–Crippen LogP) is 19.3. The van der Waals surface area contributed by atoms with Crippen LogP contribution in [0.25, 0.3) is 0 Å². The molecule has 64 heavy (non-hydrogen) atoms. The fraction of sp³-hybridized carbons (Fsp3) is 0.883. The number of carbonyl (C=O) groups is 1. The Morgan fingerprint density at radius 2 is 0.641 bits per heavy atom. The van der Waals surface area contributed by atoms with Gasteiger partial charge in [-0.25, -0.2) is 0 Å². The van der Waals surface area contributed by atoms with E-state index in [2.05, 4.69) is 43.5 Å². The SMILES string of the molecule is CCCCCCCCCCCCCCC/C=C\C/C=C\CCCCCCCCCCCCCCCCCCCC(=O)NC(CO)C(O)/C=C/CCCCCCCCCCCCCCC. The van der Waals surface area contributed by atoms with E-state index in [1.54, 1.807) is 6.08 Å². The van der Waals surface area contributed by atoms with E-state index in [1.165, 1.54) is 270 Å². The maximum Gasteiger partial charge on any atom is 0.220 e.